The second-order valence-corrected chi connectivity index (χ2v) is 6.81. The third-order valence-corrected chi connectivity index (χ3v) is 5.47. The van der Waals surface area contributed by atoms with Crippen molar-refractivity contribution in [2.75, 3.05) is 12.3 Å². The molecule has 2 rings (SSSR count). The zero-order chi connectivity index (χ0) is 12.8. The van der Waals surface area contributed by atoms with Crippen LogP contribution >= 0.6 is 23.1 Å². The van der Waals surface area contributed by atoms with E-state index in [1.165, 1.54) is 29.2 Å². The Morgan fingerprint density at radius 1 is 1.50 bits per heavy atom. The van der Waals surface area contributed by atoms with Gasteiger partial charge in [0, 0.05) is 21.9 Å². The number of fused-ring (bicyclic) bond motifs is 1. The number of hydrogen-bond acceptors (Lipinski definition) is 3. The first-order valence-electron chi connectivity index (χ1n) is 6.67. The van der Waals surface area contributed by atoms with Crippen LogP contribution in [-0.2, 0) is 12.2 Å². The van der Waals surface area contributed by atoms with Crippen LogP contribution in [0.5, 0.6) is 0 Å². The van der Waals surface area contributed by atoms with Gasteiger partial charge < -0.3 is 5.32 Å². The van der Waals surface area contributed by atoms with Crippen molar-refractivity contribution in [1.29, 1.82) is 0 Å². The van der Waals surface area contributed by atoms with E-state index in [-0.39, 0.29) is 0 Å². The summed E-state index contributed by atoms with van der Waals surface area (Å²) in [7, 11) is 0. The van der Waals surface area contributed by atoms with Gasteiger partial charge in [0.25, 0.3) is 0 Å². The molecule has 1 aromatic heterocycles. The number of thioether (sulfide) groups is 1. The summed E-state index contributed by atoms with van der Waals surface area (Å²) in [5.41, 5.74) is 1.57. The Morgan fingerprint density at radius 3 is 3.11 bits per heavy atom. The molecular formula is C15H21NS2. The Morgan fingerprint density at radius 2 is 2.39 bits per heavy atom. The maximum Gasteiger partial charge on any atom is 0.0525 e. The number of rotatable bonds is 5. The molecule has 2 heterocycles. The van der Waals surface area contributed by atoms with Gasteiger partial charge in [-0.1, -0.05) is 6.92 Å². The van der Waals surface area contributed by atoms with Crippen LogP contribution in [0.1, 0.15) is 48.0 Å². The molecule has 1 aliphatic heterocycles. The fourth-order valence-corrected chi connectivity index (χ4v) is 4.59. The molecule has 0 aliphatic carbocycles. The Labute approximate surface area is 119 Å². The van der Waals surface area contributed by atoms with Crippen LogP contribution in [0.2, 0.25) is 0 Å². The first kappa shape index (κ1) is 14.0. The van der Waals surface area contributed by atoms with E-state index in [2.05, 4.69) is 41.9 Å². The third kappa shape index (κ3) is 3.54. The molecule has 1 nitrogen and oxygen atoms in total. The van der Waals surface area contributed by atoms with Gasteiger partial charge in [0.15, 0.2) is 0 Å². The van der Waals surface area contributed by atoms with Crippen molar-refractivity contribution < 1.29 is 0 Å². The maximum atomic E-state index is 3.63. The van der Waals surface area contributed by atoms with E-state index in [4.69, 9.17) is 0 Å². The van der Waals surface area contributed by atoms with Gasteiger partial charge in [0.1, 0.15) is 0 Å². The lowest BCUT2D eigenvalue weighted by molar-refractivity contribution is 0.550. The molecule has 0 saturated heterocycles. The van der Waals surface area contributed by atoms with Crippen molar-refractivity contribution in [3.63, 3.8) is 0 Å². The second kappa shape index (κ2) is 7.23. The van der Waals surface area contributed by atoms with Gasteiger partial charge >= 0.3 is 0 Å². The van der Waals surface area contributed by atoms with Gasteiger partial charge in [0.2, 0.25) is 0 Å². The average Bonchev–Trinajstić information content (AvgIpc) is 2.82. The summed E-state index contributed by atoms with van der Waals surface area (Å²) in [5, 5.41) is 3.63. The molecule has 0 saturated carbocycles. The van der Waals surface area contributed by atoms with E-state index in [1.54, 1.807) is 10.4 Å². The van der Waals surface area contributed by atoms with Crippen molar-refractivity contribution in [1.82, 2.24) is 5.32 Å². The summed E-state index contributed by atoms with van der Waals surface area (Å²) < 4.78 is 0. The van der Waals surface area contributed by atoms with Crippen LogP contribution < -0.4 is 5.32 Å². The highest BCUT2D eigenvalue weighted by molar-refractivity contribution is 7.98. The summed E-state index contributed by atoms with van der Waals surface area (Å²) in [6, 6.07) is 2.84. The van der Waals surface area contributed by atoms with Crippen LogP contribution in [-0.4, -0.2) is 12.3 Å². The molecule has 1 aromatic rings. The topological polar surface area (TPSA) is 12.0 Å². The van der Waals surface area contributed by atoms with Crippen molar-refractivity contribution >= 4 is 23.1 Å². The molecule has 0 radical (unpaired) electrons. The summed E-state index contributed by atoms with van der Waals surface area (Å²) >= 11 is 4.06. The lowest BCUT2D eigenvalue weighted by Crippen LogP contribution is -2.20. The summed E-state index contributed by atoms with van der Waals surface area (Å²) in [4.78, 5) is 3.09. The van der Waals surface area contributed by atoms with Gasteiger partial charge in [-0.25, -0.2) is 0 Å². The first-order valence-corrected chi connectivity index (χ1v) is 8.64. The molecule has 1 aliphatic rings. The molecule has 18 heavy (non-hydrogen) atoms. The number of hydrogen-bond donors (Lipinski definition) is 1. The molecular weight excluding hydrogens is 258 g/mol. The standard InChI is InChI=1S/C15H21NS2/c1-3-5-6-13(16-8-4-2)15-10-12-11-17-9-7-14(12)18-15/h10,13,16H,4,6-9,11H2,1-2H3. The summed E-state index contributed by atoms with van der Waals surface area (Å²) in [6.45, 7) is 5.21. The minimum absolute atomic E-state index is 0.429. The Hall–Kier alpha value is -0.430. The minimum Gasteiger partial charge on any atom is -0.308 e. The van der Waals surface area contributed by atoms with Crippen LogP contribution in [0.25, 0.3) is 0 Å². The maximum absolute atomic E-state index is 3.63. The van der Waals surface area contributed by atoms with Crippen molar-refractivity contribution in [3.05, 3.63) is 21.4 Å². The largest absolute Gasteiger partial charge is 0.308 e. The average molecular weight is 279 g/mol. The van der Waals surface area contributed by atoms with E-state index in [0.29, 0.717) is 6.04 Å². The van der Waals surface area contributed by atoms with Gasteiger partial charge in [-0.3, -0.25) is 0 Å². The molecule has 3 heteroatoms. The van der Waals surface area contributed by atoms with E-state index >= 15 is 0 Å². The van der Waals surface area contributed by atoms with E-state index in [1.807, 2.05) is 18.3 Å². The fraction of sp³-hybridized carbons (Fsp3) is 0.600. The van der Waals surface area contributed by atoms with Gasteiger partial charge in [-0.15, -0.1) is 23.2 Å². The molecule has 1 atom stereocenters. The molecule has 0 fully saturated rings. The Bertz CT molecular complexity index is 416. The van der Waals surface area contributed by atoms with Crippen molar-refractivity contribution in [3.8, 4) is 11.8 Å². The second-order valence-electron chi connectivity index (χ2n) is 4.54. The van der Waals surface area contributed by atoms with Crippen molar-refractivity contribution in [2.45, 2.75) is 44.9 Å². The van der Waals surface area contributed by atoms with Gasteiger partial charge in [0.05, 0.1) is 6.04 Å². The molecule has 98 valence electrons. The quantitative estimate of drug-likeness (QED) is 0.818. The molecule has 0 aromatic carbocycles. The van der Waals surface area contributed by atoms with E-state index in [0.717, 1.165) is 13.0 Å². The van der Waals surface area contributed by atoms with Gasteiger partial charge in [-0.05, 0) is 43.7 Å². The van der Waals surface area contributed by atoms with Crippen LogP contribution in [0.15, 0.2) is 6.07 Å². The molecule has 1 N–H and O–H groups in total. The minimum atomic E-state index is 0.429. The fourth-order valence-electron chi connectivity index (χ4n) is 2.14. The van der Waals surface area contributed by atoms with E-state index in [9.17, 15) is 0 Å². The third-order valence-electron chi connectivity index (χ3n) is 3.11. The zero-order valence-electron chi connectivity index (χ0n) is 11.2. The molecule has 0 spiro atoms. The molecule has 0 bridgehead atoms. The highest BCUT2D eigenvalue weighted by atomic mass is 32.2. The number of nitrogens with one attached hydrogen (secondary N) is 1. The van der Waals surface area contributed by atoms with Crippen LogP contribution in [0, 0.1) is 11.8 Å². The van der Waals surface area contributed by atoms with Crippen molar-refractivity contribution in [2.24, 2.45) is 0 Å². The summed E-state index contributed by atoms with van der Waals surface area (Å²) in [5.74, 6) is 8.73. The Kier molecular flexibility index (Phi) is 5.62. The highest BCUT2D eigenvalue weighted by Crippen LogP contribution is 2.35. The smallest absolute Gasteiger partial charge is 0.0525 e. The highest BCUT2D eigenvalue weighted by Gasteiger charge is 2.18. The first-order chi connectivity index (χ1) is 8.85. The SMILES string of the molecule is CC#CCC(NCCC)c1cc2c(s1)CCSC2. The lowest BCUT2D eigenvalue weighted by atomic mass is 10.1. The van der Waals surface area contributed by atoms with Crippen LogP contribution in [0.4, 0.5) is 0 Å². The van der Waals surface area contributed by atoms with Gasteiger partial charge in [-0.2, -0.15) is 11.8 Å². The molecule has 1 unspecified atom stereocenters. The number of aryl methyl sites for hydroxylation is 1. The lowest BCUT2D eigenvalue weighted by Gasteiger charge is -2.14. The summed E-state index contributed by atoms with van der Waals surface area (Å²) in [6.07, 6.45) is 3.37. The predicted molar refractivity (Wildman–Crippen MR) is 83.3 cm³/mol. The number of thiophene rings is 1. The monoisotopic (exact) mass is 279 g/mol. The normalized spacial score (nSPS) is 15.7. The Balaban J connectivity index is 2.12. The van der Waals surface area contributed by atoms with Crippen LogP contribution in [0.3, 0.4) is 0 Å². The predicted octanol–water partition coefficient (Wildman–Crippen LogP) is 3.99. The molecule has 0 amide bonds. The zero-order valence-corrected chi connectivity index (χ0v) is 12.8. The van der Waals surface area contributed by atoms with E-state index < -0.39 is 0 Å².